The van der Waals surface area contributed by atoms with Crippen LogP contribution < -0.4 is 0 Å². The van der Waals surface area contributed by atoms with Crippen LogP contribution in [0.1, 0.15) is 19.3 Å². The standard InChI is InChI=1S/C6H7BrO2/c7-4-2-1-3-5(8)6(4)9/h4H,1-3H2. The Balaban J connectivity index is 2.62. The van der Waals surface area contributed by atoms with Crippen molar-refractivity contribution in [2.24, 2.45) is 0 Å². The number of halogens is 1. The van der Waals surface area contributed by atoms with Crippen molar-refractivity contribution in [3.63, 3.8) is 0 Å². The Morgan fingerprint density at radius 1 is 1.44 bits per heavy atom. The molecule has 0 heterocycles. The zero-order valence-corrected chi connectivity index (χ0v) is 6.48. The van der Waals surface area contributed by atoms with Crippen LogP contribution in [-0.2, 0) is 9.59 Å². The van der Waals surface area contributed by atoms with Crippen LogP contribution in [0.2, 0.25) is 0 Å². The van der Waals surface area contributed by atoms with E-state index in [-0.39, 0.29) is 16.4 Å². The summed E-state index contributed by atoms with van der Waals surface area (Å²) in [6, 6.07) is 0. The van der Waals surface area contributed by atoms with E-state index in [0.717, 1.165) is 12.8 Å². The van der Waals surface area contributed by atoms with Gasteiger partial charge in [0.25, 0.3) is 0 Å². The van der Waals surface area contributed by atoms with Gasteiger partial charge in [-0.25, -0.2) is 0 Å². The molecule has 3 heteroatoms. The van der Waals surface area contributed by atoms with E-state index in [4.69, 9.17) is 0 Å². The first-order valence-electron chi connectivity index (χ1n) is 2.93. The minimum Gasteiger partial charge on any atom is -0.291 e. The van der Waals surface area contributed by atoms with Crippen LogP contribution in [0.25, 0.3) is 0 Å². The molecule has 0 saturated heterocycles. The van der Waals surface area contributed by atoms with Gasteiger partial charge in [0.2, 0.25) is 5.78 Å². The highest BCUT2D eigenvalue weighted by molar-refractivity contribution is 9.10. The fraction of sp³-hybridized carbons (Fsp3) is 0.667. The quantitative estimate of drug-likeness (QED) is 0.424. The predicted octanol–water partition coefficient (Wildman–Crippen LogP) is 1.07. The molecular formula is C6H7BrO2. The number of hydrogen-bond donors (Lipinski definition) is 0. The minimum absolute atomic E-state index is 0.196. The Labute approximate surface area is 61.7 Å². The fourth-order valence-electron chi connectivity index (χ4n) is 0.871. The molecular weight excluding hydrogens is 184 g/mol. The second-order valence-corrected chi connectivity index (χ2v) is 3.25. The van der Waals surface area contributed by atoms with E-state index >= 15 is 0 Å². The molecule has 1 atom stereocenters. The van der Waals surface area contributed by atoms with E-state index in [2.05, 4.69) is 15.9 Å². The average Bonchev–Trinajstić information content (AvgIpc) is 1.83. The van der Waals surface area contributed by atoms with Crippen LogP contribution in [0, 0.1) is 0 Å². The van der Waals surface area contributed by atoms with Crippen LogP contribution in [0.15, 0.2) is 0 Å². The normalized spacial score (nSPS) is 28.8. The molecule has 0 N–H and O–H groups in total. The number of carbonyl (C=O) groups is 2. The molecule has 1 rings (SSSR count). The molecule has 1 fully saturated rings. The van der Waals surface area contributed by atoms with Crippen LogP contribution in [0.4, 0.5) is 0 Å². The third-order valence-corrected chi connectivity index (χ3v) is 2.29. The maximum Gasteiger partial charge on any atom is 0.211 e. The van der Waals surface area contributed by atoms with Crippen LogP contribution in [0.5, 0.6) is 0 Å². The summed E-state index contributed by atoms with van der Waals surface area (Å²) < 4.78 is 0. The lowest BCUT2D eigenvalue weighted by Crippen LogP contribution is -2.28. The Morgan fingerprint density at radius 2 is 2.11 bits per heavy atom. The van der Waals surface area contributed by atoms with Crippen molar-refractivity contribution in [1.82, 2.24) is 0 Å². The molecule has 0 aromatic heterocycles. The van der Waals surface area contributed by atoms with Gasteiger partial charge in [-0.3, -0.25) is 9.59 Å². The summed E-state index contributed by atoms with van der Waals surface area (Å²) in [6.07, 6.45) is 2.10. The van der Waals surface area contributed by atoms with Gasteiger partial charge in [-0.1, -0.05) is 15.9 Å². The molecule has 0 aliphatic heterocycles. The molecule has 1 aliphatic carbocycles. The molecule has 0 bridgehead atoms. The van der Waals surface area contributed by atoms with E-state index in [0.29, 0.717) is 6.42 Å². The van der Waals surface area contributed by atoms with Gasteiger partial charge in [0.05, 0.1) is 4.83 Å². The van der Waals surface area contributed by atoms with Gasteiger partial charge in [0, 0.05) is 6.42 Å². The molecule has 1 unspecified atom stereocenters. The van der Waals surface area contributed by atoms with Crippen LogP contribution in [-0.4, -0.2) is 16.4 Å². The van der Waals surface area contributed by atoms with E-state index in [1.54, 1.807) is 0 Å². The van der Waals surface area contributed by atoms with Gasteiger partial charge in [-0.15, -0.1) is 0 Å². The zero-order valence-electron chi connectivity index (χ0n) is 4.89. The summed E-state index contributed by atoms with van der Waals surface area (Å²) in [6.45, 7) is 0. The summed E-state index contributed by atoms with van der Waals surface area (Å²) in [7, 11) is 0. The fourth-order valence-corrected chi connectivity index (χ4v) is 1.45. The SMILES string of the molecule is O=C1CCCC(Br)C1=O. The van der Waals surface area contributed by atoms with Crippen molar-refractivity contribution in [3.05, 3.63) is 0 Å². The van der Waals surface area contributed by atoms with E-state index in [1.807, 2.05) is 0 Å². The number of carbonyl (C=O) groups excluding carboxylic acids is 2. The number of ketones is 2. The molecule has 1 aliphatic rings. The van der Waals surface area contributed by atoms with Crippen molar-refractivity contribution in [3.8, 4) is 0 Å². The lowest BCUT2D eigenvalue weighted by atomic mass is 9.98. The Morgan fingerprint density at radius 3 is 2.56 bits per heavy atom. The maximum atomic E-state index is 10.7. The highest BCUT2D eigenvalue weighted by atomic mass is 79.9. The minimum atomic E-state index is -0.249. The highest BCUT2D eigenvalue weighted by Gasteiger charge is 2.26. The van der Waals surface area contributed by atoms with Gasteiger partial charge >= 0.3 is 0 Å². The lowest BCUT2D eigenvalue weighted by Gasteiger charge is -2.11. The first kappa shape index (κ1) is 6.93. The molecule has 0 amide bonds. The topological polar surface area (TPSA) is 34.1 Å². The van der Waals surface area contributed by atoms with Crippen LogP contribution in [0.3, 0.4) is 0 Å². The average molecular weight is 191 g/mol. The Kier molecular flexibility index (Phi) is 2.01. The van der Waals surface area contributed by atoms with Crippen molar-refractivity contribution in [2.45, 2.75) is 24.1 Å². The number of hydrogen-bond acceptors (Lipinski definition) is 2. The van der Waals surface area contributed by atoms with Crippen molar-refractivity contribution in [2.75, 3.05) is 0 Å². The summed E-state index contributed by atoms with van der Waals surface area (Å²) in [5.41, 5.74) is 0. The molecule has 0 spiro atoms. The third-order valence-electron chi connectivity index (χ3n) is 1.42. The third kappa shape index (κ3) is 1.39. The second kappa shape index (κ2) is 2.60. The smallest absolute Gasteiger partial charge is 0.211 e. The van der Waals surface area contributed by atoms with Gasteiger partial charge in [0.1, 0.15) is 0 Å². The summed E-state index contributed by atoms with van der Waals surface area (Å²) in [4.78, 5) is 21.2. The van der Waals surface area contributed by atoms with Crippen molar-refractivity contribution >= 4 is 27.5 Å². The number of Topliss-reactive ketones (excluding diaryl/α,β-unsaturated/α-hetero) is 2. The van der Waals surface area contributed by atoms with Crippen LogP contribution >= 0.6 is 15.9 Å². The van der Waals surface area contributed by atoms with Gasteiger partial charge in [0.15, 0.2) is 5.78 Å². The second-order valence-electron chi connectivity index (χ2n) is 2.15. The molecule has 0 aromatic carbocycles. The van der Waals surface area contributed by atoms with Crippen molar-refractivity contribution < 1.29 is 9.59 Å². The van der Waals surface area contributed by atoms with Gasteiger partial charge < -0.3 is 0 Å². The highest BCUT2D eigenvalue weighted by Crippen LogP contribution is 2.17. The molecule has 50 valence electrons. The van der Waals surface area contributed by atoms with E-state index < -0.39 is 0 Å². The summed E-state index contributed by atoms with van der Waals surface area (Å²) in [5.74, 6) is -0.468. The molecule has 2 nitrogen and oxygen atoms in total. The molecule has 1 saturated carbocycles. The Bertz CT molecular complexity index is 153. The first-order chi connectivity index (χ1) is 4.22. The molecule has 0 aromatic rings. The zero-order chi connectivity index (χ0) is 6.85. The molecule has 0 radical (unpaired) electrons. The van der Waals surface area contributed by atoms with Crippen molar-refractivity contribution in [1.29, 1.82) is 0 Å². The summed E-state index contributed by atoms with van der Waals surface area (Å²) in [5, 5.41) is 0. The summed E-state index contributed by atoms with van der Waals surface area (Å²) >= 11 is 3.12. The predicted molar refractivity (Wildman–Crippen MR) is 36.6 cm³/mol. The largest absolute Gasteiger partial charge is 0.291 e. The monoisotopic (exact) mass is 190 g/mol. The first-order valence-corrected chi connectivity index (χ1v) is 3.84. The Hall–Kier alpha value is -0.180. The van der Waals surface area contributed by atoms with E-state index in [9.17, 15) is 9.59 Å². The lowest BCUT2D eigenvalue weighted by molar-refractivity contribution is -0.137. The maximum absolute atomic E-state index is 10.7. The van der Waals surface area contributed by atoms with Gasteiger partial charge in [-0.2, -0.15) is 0 Å². The number of alkyl halides is 1. The van der Waals surface area contributed by atoms with E-state index in [1.165, 1.54) is 0 Å². The molecule has 9 heavy (non-hydrogen) atoms. The van der Waals surface area contributed by atoms with Gasteiger partial charge in [-0.05, 0) is 12.8 Å². The number of rotatable bonds is 0.